The molecule has 0 saturated carbocycles. The lowest BCUT2D eigenvalue weighted by atomic mass is 9.95. The standard InChI is InChI=1S/C10H6O2.C8H5NO2/c11-9-5-6-10(12)8-4-2-1-3-7(8)9;10-7-5-3-1-2-4-6(5)8(11)9-7/h1-6H;1-4H,(H,9,10,11). The van der Waals surface area contributed by atoms with Crippen molar-refractivity contribution in [3.8, 4) is 0 Å². The van der Waals surface area contributed by atoms with Crippen LogP contribution in [0.25, 0.3) is 0 Å². The van der Waals surface area contributed by atoms with Crippen LogP contribution < -0.4 is 5.32 Å². The molecule has 2 amide bonds. The molecule has 5 nitrogen and oxygen atoms in total. The van der Waals surface area contributed by atoms with E-state index < -0.39 is 0 Å². The van der Waals surface area contributed by atoms with E-state index in [2.05, 4.69) is 5.32 Å². The summed E-state index contributed by atoms with van der Waals surface area (Å²) in [5.74, 6) is -0.786. The molecule has 5 heteroatoms. The smallest absolute Gasteiger partial charge is 0.258 e. The molecule has 1 N–H and O–H groups in total. The third-order valence-corrected chi connectivity index (χ3v) is 3.49. The molecule has 1 aliphatic heterocycles. The van der Waals surface area contributed by atoms with Gasteiger partial charge in [0.1, 0.15) is 0 Å². The van der Waals surface area contributed by atoms with Crippen molar-refractivity contribution >= 4 is 23.4 Å². The average Bonchev–Trinajstić information content (AvgIpc) is 2.87. The molecule has 0 radical (unpaired) electrons. The molecule has 0 bridgehead atoms. The second kappa shape index (κ2) is 5.81. The summed E-state index contributed by atoms with van der Waals surface area (Å²) in [4.78, 5) is 44.3. The molecule has 4 rings (SSSR count). The van der Waals surface area contributed by atoms with E-state index in [1.54, 1.807) is 48.5 Å². The number of hydrogen-bond donors (Lipinski definition) is 1. The van der Waals surface area contributed by atoms with Gasteiger partial charge in [0.2, 0.25) is 0 Å². The molecule has 0 unspecified atom stereocenters. The number of imide groups is 1. The van der Waals surface area contributed by atoms with Gasteiger partial charge >= 0.3 is 0 Å². The summed E-state index contributed by atoms with van der Waals surface area (Å²) < 4.78 is 0. The molecule has 1 heterocycles. The maximum absolute atomic E-state index is 11.2. The van der Waals surface area contributed by atoms with Gasteiger partial charge in [-0.05, 0) is 24.3 Å². The predicted octanol–water partition coefficient (Wildman–Crippen LogP) is 2.19. The van der Waals surface area contributed by atoms with E-state index >= 15 is 0 Å². The summed E-state index contributed by atoms with van der Waals surface area (Å²) in [7, 11) is 0. The number of allylic oxidation sites excluding steroid dienone is 2. The summed E-state index contributed by atoms with van der Waals surface area (Å²) in [6.45, 7) is 0. The quantitative estimate of drug-likeness (QED) is 0.757. The number of nitrogens with one attached hydrogen (secondary N) is 1. The molecule has 2 aromatic rings. The zero-order valence-corrected chi connectivity index (χ0v) is 11.9. The Kier molecular flexibility index (Phi) is 3.68. The minimum Gasteiger partial charge on any atom is -0.289 e. The Morgan fingerprint density at radius 2 is 0.870 bits per heavy atom. The Balaban J connectivity index is 0.000000136. The Labute approximate surface area is 131 Å². The number of benzene rings is 2. The highest BCUT2D eigenvalue weighted by atomic mass is 16.2. The minimum absolute atomic E-state index is 0.0924. The van der Waals surface area contributed by atoms with Gasteiger partial charge in [-0.2, -0.15) is 0 Å². The third kappa shape index (κ3) is 2.72. The molecular weight excluding hydrogens is 294 g/mol. The Morgan fingerprint density at radius 3 is 1.26 bits per heavy atom. The fraction of sp³-hybridized carbons (Fsp3) is 0. The first-order valence-electron chi connectivity index (χ1n) is 6.88. The van der Waals surface area contributed by atoms with E-state index in [-0.39, 0.29) is 23.4 Å². The average molecular weight is 305 g/mol. The third-order valence-electron chi connectivity index (χ3n) is 3.49. The summed E-state index contributed by atoms with van der Waals surface area (Å²) in [5, 5.41) is 2.20. The van der Waals surface area contributed by atoms with Crippen molar-refractivity contribution in [1.29, 1.82) is 0 Å². The number of fused-ring (bicyclic) bond motifs is 2. The highest BCUT2D eigenvalue weighted by molar-refractivity contribution is 6.22. The first-order chi connectivity index (χ1) is 11.1. The number of rotatable bonds is 0. The van der Waals surface area contributed by atoms with E-state index in [0.717, 1.165) is 0 Å². The van der Waals surface area contributed by atoms with Crippen LogP contribution in [-0.4, -0.2) is 23.4 Å². The van der Waals surface area contributed by atoms with E-state index in [1.165, 1.54) is 12.2 Å². The SMILES string of the molecule is O=C1C=CC(=O)c2ccccc21.O=C1NC(=O)c2ccccc21. The van der Waals surface area contributed by atoms with Gasteiger partial charge in [-0.15, -0.1) is 0 Å². The molecule has 0 aromatic heterocycles. The van der Waals surface area contributed by atoms with E-state index in [4.69, 9.17) is 0 Å². The molecule has 2 aromatic carbocycles. The molecule has 0 spiro atoms. The van der Waals surface area contributed by atoms with Crippen molar-refractivity contribution in [3.05, 3.63) is 82.9 Å². The van der Waals surface area contributed by atoms with Crippen LogP contribution >= 0.6 is 0 Å². The van der Waals surface area contributed by atoms with Crippen LogP contribution in [-0.2, 0) is 0 Å². The first-order valence-corrected chi connectivity index (χ1v) is 6.88. The van der Waals surface area contributed by atoms with Crippen molar-refractivity contribution in [1.82, 2.24) is 5.32 Å². The number of amides is 2. The molecule has 23 heavy (non-hydrogen) atoms. The fourth-order valence-corrected chi connectivity index (χ4v) is 2.36. The van der Waals surface area contributed by atoms with Gasteiger partial charge in [0.15, 0.2) is 11.6 Å². The van der Waals surface area contributed by atoms with Gasteiger partial charge in [0.25, 0.3) is 11.8 Å². The fourth-order valence-electron chi connectivity index (χ4n) is 2.36. The number of carbonyl (C=O) groups excluding carboxylic acids is 4. The predicted molar refractivity (Wildman–Crippen MR) is 82.5 cm³/mol. The molecule has 0 fully saturated rings. The molecule has 0 atom stereocenters. The topological polar surface area (TPSA) is 80.3 Å². The minimum atomic E-state index is -0.300. The van der Waals surface area contributed by atoms with Crippen LogP contribution in [0.4, 0.5) is 0 Å². The van der Waals surface area contributed by atoms with Crippen LogP contribution in [0.1, 0.15) is 41.4 Å². The molecule has 2 aliphatic rings. The Hall–Kier alpha value is -3.34. The van der Waals surface area contributed by atoms with Crippen LogP contribution in [0.3, 0.4) is 0 Å². The van der Waals surface area contributed by atoms with Crippen molar-refractivity contribution in [3.63, 3.8) is 0 Å². The lowest BCUT2D eigenvalue weighted by molar-refractivity contribution is 0.0878. The lowest BCUT2D eigenvalue weighted by Gasteiger charge is -2.06. The van der Waals surface area contributed by atoms with E-state index in [0.29, 0.717) is 22.3 Å². The molecule has 0 saturated heterocycles. The van der Waals surface area contributed by atoms with Crippen LogP contribution in [0.5, 0.6) is 0 Å². The summed E-state index contributed by atoms with van der Waals surface area (Å²) >= 11 is 0. The van der Waals surface area contributed by atoms with E-state index in [1.807, 2.05) is 0 Å². The maximum Gasteiger partial charge on any atom is 0.258 e. The lowest BCUT2D eigenvalue weighted by Crippen LogP contribution is -2.19. The van der Waals surface area contributed by atoms with Crippen molar-refractivity contribution < 1.29 is 19.2 Å². The van der Waals surface area contributed by atoms with Crippen molar-refractivity contribution in [2.75, 3.05) is 0 Å². The number of hydrogen-bond acceptors (Lipinski definition) is 4. The molecule has 112 valence electrons. The molecule has 1 aliphatic carbocycles. The van der Waals surface area contributed by atoms with Crippen LogP contribution in [0, 0.1) is 0 Å². The van der Waals surface area contributed by atoms with E-state index in [9.17, 15) is 19.2 Å². The first kappa shape index (κ1) is 14.6. The number of ketones is 2. The maximum atomic E-state index is 11.2. The van der Waals surface area contributed by atoms with Gasteiger partial charge < -0.3 is 0 Å². The summed E-state index contributed by atoms with van der Waals surface area (Å²) in [6, 6.07) is 13.6. The highest BCUT2D eigenvalue weighted by Crippen LogP contribution is 2.15. The Morgan fingerprint density at radius 1 is 0.522 bits per heavy atom. The zero-order chi connectivity index (χ0) is 16.4. The summed E-state index contributed by atoms with van der Waals surface area (Å²) in [6.07, 6.45) is 2.62. The van der Waals surface area contributed by atoms with Crippen molar-refractivity contribution in [2.45, 2.75) is 0 Å². The van der Waals surface area contributed by atoms with Crippen LogP contribution in [0.15, 0.2) is 60.7 Å². The summed E-state index contributed by atoms with van der Waals surface area (Å²) in [5.41, 5.74) is 1.95. The van der Waals surface area contributed by atoms with Gasteiger partial charge in [-0.3, -0.25) is 24.5 Å². The zero-order valence-electron chi connectivity index (χ0n) is 11.9. The van der Waals surface area contributed by atoms with Crippen LogP contribution in [0.2, 0.25) is 0 Å². The Bertz CT molecular complexity index is 810. The molecular formula is C18H11NO4. The monoisotopic (exact) mass is 305 g/mol. The highest BCUT2D eigenvalue weighted by Gasteiger charge is 2.25. The van der Waals surface area contributed by atoms with Gasteiger partial charge in [-0.1, -0.05) is 36.4 Å². The normalized spacial score (nSPS) is 14.6. The van der Waals surface area contributed by atoms with Crippen molar-refractivity contribution in [2.24, 2.45) is 0 Å². The van der Waals surface area contributed by atoms with Gasteiger partial charge in [-0.25, -0.2) is 0 Å². The largest absolute Gasteiger partial charge is 0.289 e. The van der Waals surface area contributed by atoms with Gasteiger partial charge in [0.05, 0.1) is 11.1 Å². The second-order valence-electron chi connectivity index (χ2n) is 4.94. The van der Waals surface area contributed by atoms with Gasteiger partial charge in [0, 0.05) is 11.1 Å². The number of carbonyl (C=O) groups is 4. The second-order valence-corrected chi connectivity index (χ2v) is 4.94.